The molecule has 3 aromatic rings. The molecule has 3 amide bonds. The van der Waals surface area contributed by atoms with Crippen molar-refractivity contribution in [2.45, 2.75) is 19.4 Å². The Balaban J connectivity index is 1.18. The Labute approximate surface area is 216 Å². The highest BCUT2D eigenvalue weighted by atomic mass is 19.1. The molecule has 1 N–H and O–H groups in total. The van der Waals surface area contributed by atoms with Crippen LogP contribution in [0.5, 0.6) is 0 Å². The number of anilines is 1. The molecule has 0 saturated carbocycles. The highest BCUT2D eigenvalue weighted by Gasteiger charge is 2.26. The number of nitrogens with zero attached hydrogens (tertiary/aromatic N) is 3. The van der Waals surface area contributed by atoms with Crippen molar-refractivity contribution in [1.29, 1.82) is 0 Å². The zero-order chi connectivity index (χ0) is 26.8. The summed E-state index contributed by atoms with van der Waals surface area (Å²) in [6, 6.07) is 10.2. The van der Waals surface area contributed by atoms with Gasteiger partial charge in [-0.05, 0) is 24.1 Å². The van der Waals surface area contributed by atoms with Crippen LogP contribution < -0.4 is 15.6 Å². The highest BCUT2D eigenvalue weighted by Crippen LogP contribution is 2.25. The zero-order valence-corrected chi connectivity index (χ0v) is 20.5. The molecule has 3 heterocycles. The van der Waals surface area contributed by atoms with Crippen LogP contribution in [0, 0.1) is 11.6 Å². The van der Waals surface area contributed by atoms with Crippen molar-refractivity contribution in [3.05, 3.63) is 75.6 Å². The number of para-hydroxylation sites is 1. The third kappa shape index (κ3) is 5.22. The summed E-state index contributed by atoms with van der Waals surface area (Å²) in [6.07, 6.45) is 1.46. The van der Waals surface area contributed by atoms with E-state index in [0.717, 1.165) is 36.3 Å². The predicted octanol–water partition coefficient (Wildman–Crippen LogP) is 2.27. The zero-order valence-electron chi connectivity index (χ0n) is 20.5. The molecule has 2 fully saturated rings. The molecule has 0 spiro atoms. The van der Waals surface area contributed by atoms with Gasteiger partial charge in [0.15, 0.2) is 22.6 Å². The third-order valence-corrected chi connectivity index (χ3v) is 6.87. The van der Waals surface area contributed by atoms with Gasteiger partial charge in [0.1, 0.15) is 5.82 Å². The largest absolute Gasteiger partial charge is 0.448 e. The fourth-order valence-corrected chi connectivity index (χ4v) is 4.88. The number of hydrogen-bond acceptors (Lipinski definition) is 6. The van der Waals surface area contributed by atoms with Gasteiger partial charge in [-0.25, -0.2) is 8.78 Å². The average molecular weight is 525 g/mol. The fraction of sp³-hybridized carbons (Fsp3) is 0.333. The number of fused-ring (bicyclic) bond motifs is 1. The molecule has 2 saturated heterocycles. The fourth-order valence-electron chi connectivity index (χ4n) is 4.88. The first kappa shape index (κ1) is 25.4. The molecule has 198 valence electrons. The Bertz CT molecular complexity index is 1470. The molecule has 11 heteroatoms. The standard InChI is InChI=1S/C27H26F2N4O5/c28-18-12-19-22(34)14-23(38-26(19)20(29)13-18)27(37)30-15-25(36)32-10-8-31(9-11-32)21-5-2-1-4-17(21)16-33-7-3-6-24(33)35/h1-2,4-5,12-14H,3,6-11,15-16H2,(H,30,37). The summed E-state index contributed by atoms with van der Waals surface area (Å²) in [4.78, 5) is 55.2. The Hall–Kier alpha value is -4.28. The number of carbonyl (C=O) groups excluding carboxylic acids is 3. The summed E-state index contributed by atoms with van der Waals surface area (Å²) in [5.41, 5.74) is 0.796. The van der Waals surface area contributed by atoms with E-state index in [1.807, 2.05) is 29.2 Å². The van der Waals surface area contributed by atoms with Crippen LogP contribution in [0.15, 0.2) is 51.7 Å². The smallest absolute Gasteiger partial charge is 0.287 e. The summed E-state index contributed by atoms with van der Waals surface area (Å²) in [5.74, 6) is -3.52. The van der Waals surface area contributed by atoms with Gasteiger partial charge in [0.25, 0.3) is 5.91 Å². The molecule has 2 aliphatic heterocycles. The van der Waals surface area contributed by atoms with Crippen LogP contribution >= 0.6 is 0 Å². The second kappa shape index (κ2) is 10.6. The van der Waals surface area contributed by atoms with Crippen molar-refractivity contribution in [3.63, 3.8) is 0 Å². The number of benzene rings is 2. The van der Waals surface area contributed by atoms with Crippen molar-refractivity contribution < 1.29 is 27.6 Å². The van der Waals surface area contributed by atoms with Crippen molar-refractivity contribution in [2.24, 2.45) is 0 Å². The number of hydrogen-bond donors (Lipinski definition) is 1. The minimum atomic E-state index is -1.10. The van der Waals surface area contributed by atoms with Crippen LogP contribution in [0.25, 0.3) is 11.0 Å². The van der Waals surface area contributed by atoms with Crippen LogP contribution in [0.4, 0.5) is 14.5 Å². The molecule has 0 atom stereocenters. The molecule has 0 radical (unpaired) electrons. The number of rotatable bonds is 6. The Morgan fingerprint density at radius 3 is 2.47 bits per heavy atom. The van der Waals surface area contributed by atoms with Crippen LogP contribution in [-0.4, -0.2) is 66.8 Å². The quantitative estimate of drug-likeness (QED) is 0.531. The first-order chi connectivity index (χ1) is 18.3. The summed E-state index contributed by atoms with van der Waals surface area (Å²) in [6.45, 7) is 3.03. The van der Waals surface area contributed by atoms with Gasteiger partial charge in [0, 0.05) is 63.5 Å². The predicted molar refractivity (Wildman–Crippen MR) is 135 cm³/mol. The average Bonchev–Trinajstić information content (AvgIpc) is 3.32. The van der Waals surface area contributed by atoms with E-state index in [9.17, 15) is 28.0 Å². The molecular formula is C27H26F2N4O5. The topological polar surface area (TPSA) is 103 Å². The van der Waals surface area contributed by atoms with Crippen LogP contribution in [0.2, 0.25) is 0 Å². The number of likely N-dealkylation sites (tertiary alicyclic amines) is 1. The van der Waals surface area contributed by atoms with Crippen molar-refractivity contribution >= 4 is 34.4 Å². The first-order valence-corrected chi connectivity index (χ1v) is 12.4. The lowest BCUT2D eigenvalue weighted by atomic mass is 10.1. The van der Waals surface area contributed by atoms with Crippen molar-refractivity contribution in [1.82, 2.24) is 15.1 Å². The van der Waals surface area contributed by atoms with E-state index >= 15 is 0 Å². The molecule has 5 rings (SSSR count). The molecule has 38 heavy (non-hydrogen) atoms. The van der Waals surface area contributed by atoms with Gasteiger partial charge >= 0.3 is 0 Å². The van der Waals surface area contributed by atoms with Crippen LogP contribution in [0.3, 0.4) is 0 Å². The molecule has 0 bridgehead atoms. The number of carbonyl (C=O) groups is 3. The van der Waals surface area contributed by atoms with Crippen LogP contribution in [-0.2, 0) is 16.1 Å². The second-order valence-electron chi connectivity index (χ2n) is 9.34. The summed E-state index contributed by atoms with van der Waals surface area (Å²) in [7, 11) is 0. The van der Waals surface area contributed by atoms with E-state index in [1.165, 1.54) is 0 Å². The normalized spacial score (nSPS) is 15.8. The molecule has 0 unspecified atom stereocenters. The minimum absolute atomic E-state index is 0.166. The maximum atomic E-state index is 14.0. The van der Waals surface area contributed by atoms with E-state index in [-0.39, 0.29) is 23.7 Å². The van der Waals surface area contributed by atoms with E-state index < -0.39 is 34.3 Å². The monoisotopic (exact) mass is 524 g/mol. The number of amides is 3. The van der Waals surface area contributed by atoms with E-state index in [4.69, 9.17) is 4.42 Å². The third-order valence-electron chi connectivity index (χ3n) is 6.87. The lowest BCUT2D eigenvalue weighted by molar-refractivity contribution is -0.130. The maximum Gasteiger partial charge on any atom is 0.287 e. The SMILES string of the molecule is O=C(NCC(=O)N1CCN(c2ccccc2CN2CCCC2=O)CC1)c1cc(=O)c2cc(F)cc(F)c2o1. The summed E-state index contributed by atoms with van der Waals surface area (Å²) < 4.78 is 32.6. The molecular weight excluding hydrogens is 498 g/mol. The van der Waals surface area contributed by atoms with E-state index in [0.29, 0.717) is 45.2 Å². The lowest BCUT2D eigenvalue weighted by Gasteiger charge is -2.37. The Kier molecular flexibility index (Phi) is 7.08. The van der Waals surface area contributed by atoms with Gasteiger partial charge in [0.05, 0.1) is 11.9 Å². The summed E-state index contributed by atoms with van der Waals surface area (Å²) >= 11 is 0. The lowest BCUT2D eigenvalue weighted by Crippen LogP contribution is -2.51. The second-order valence-corrected chi connectivity index (χ2v) is 9.34. The molecule has 2 aliphatic rings. The van der Waals surface area contributed by atoms with Gasteiger partial charge in [0.2, 0.25) is 11.8 Å². The first-order valence-electron chi connectivity index (χ1n) is 12.4. The number of halogens is 2. The molecule has 2 aromatic carbocycles. The molecule has 9 nitrogen and oxygen atoms in total. The van der Waals surface area contributed by atoms with Gasteiger partial charge in [-0.3, -0.25) is 19.2 Å². The summed E-state index contributed by atoms with van der Waals surface area (Å²) in [5, 5.41) is 2.09. The van der Waals surface area contributed by atoms with Gasteiger partial charge in [-0.1, -0.05) is 18.2 Å². The molecule has 0 aliphatic carbocycles. The number of piperazine rings is 1. The van der Waals surface area contributed by atoms with Crippen LogP contribution in [0.1, 0.15) is 29.0 Å². The number of nitrogens with one attached hydrogen (secondary N) is 1. The Morgan fingerprint density at radius 2 is 1.74 bits per heavy atom. The maximum absolute atomic E-state index is 14.0. The van der Waals surface area contributed by atoms with Crippen molar-refractivity contribution in [3.8, 4) is 0 Å². The van der Waals surface area contributed by atoms with Crippen molar-refractivity contribution in [2.75, 3.05) is 44.2 Å². The van der Waals surface area contributed by atoms with E-state index in [1.54, 1.807) is 4.90 Å². The molecule has 1 aromatic heterocycles. The van der Waals surface area contributed by atoms with Gasteiger partial charge < -0.3 is 24.4 Å². The highest BCUT2D eigenvalue weighted by molar-refractivity contribution is 5.95. The minimum Gasteiger partial charge on any atom is -0.448 e. The van der Waals surface area contributed by atoms with Gasteiger partial charge in [-0.15, -0.1) is 0 Å². The van der Waals surface area contributed by atoms with E-state index in [2.05, 4.69) is 10.2 Å². The van der Waals surface area contributed by atoms with Gasteiger partial charge in [-0.2, -0.15) is 0 Å². The Morgan fingerprint density at radius 1 is 0.974 bits per heavy atom.